The van der Waals surface area contributed by atoms with Crippen LogP contribution in [-0.4, -0.2) is 46.5 Å². The minimum absolute atomic E-state index is 0.0318. The number of benzene rings is 1. The number of amides is 2. The van der Waals surface area contributed by atoms with Crippen molar-refractivity contribution in [2.45, 2.75) is 25.7 Å². The summed E-state index contributed by atoms with van der Waals surface area (Å²) in [6.45, 7) is 2.88. The molecule has 3 rings (SSSR count). The molecule has 1 aromatic carbocycles. The third kappa shape index (κ3) is 3.64. The van der Waals surface area contributed by atoms with Gasteiger partial charge in [-0.25, -0.2) is 0 Å². The van der Waals surface area contributed by atoms with Crippen molar-refractivity contribution in [2.24, 2.45) is 0 Å². The van der Waals surface area contributed by atoms with Crippen molar-refractivity contribution < 1.29 is 9.59 Å². The molecule has 0 bridgehead atoms. The summed E-state index contributed by atoms with van der Waals surface area (Å²) >= 11 is 0. The number of hydrogen-bond donors (Lipinski definition) is 2. The first-order valence-corrected chi connectivity index (χ1v) is 8.26. The largest absolute Gasteiger partial charge is 0.347 e. The van der Waals surface area contributed by atoms with Crippen molar-refractivity contribution >= 4 is 11.8 Å². The maximum absolute atomic E-state index is 12.3. The molecule has 0 aliphatic carbocycles. The van der Waals surface area contributed by atoms with E-state index in [9.17, 15) is 9.59 Å². The number of likely N-dealkylation sites (tertiary alicyclic amines) is 1. The van der Waals surface area contributed by atoms with E-state index in [1.54, 1.807) is 0 Å². The Morgan fingerprint density at radius 2 is 2.12 bits per heavy atom. The van der Waals surface area contributed by atoms with Gasteiger partial charge in [-0.1, -0.05) is 30.3 Å². The fourth-order valence-electron chi connectivity index (χ4n) is 3.21. The summed E-state index contributed by atoms with van der Waals surface area (Å²) in [6, 6.07) is 10.1. The van der Waals surface area contributed by atoms with E-state index in [1.165, 1.54) is 6.92 Å². The second kappa shape index (κ2) is 7.29. The Balaban J connectivity index is 1.73. The molecule has 0 radical (unpaired) electrons. The van der Waals surface area contributed by atoms with E-state index >= 15 is 0 Å². The highest BCUT2D eigenvalue weighted by Crippen LogP contribution is 2.32. The highest BCUT2D eigenvalue weighted by molar-refractivity contribution is 5.83. The predicted molar refractivity (Wildman–Crippen MR) is 91.3 cm³/mol. The lowest BCUT2D eigenvalue weighted by molar-refractivity contribution is -0.133. The summed E-state index contributed by atoms with van der Waals surface area (Å²) < 4.78 is 0. The molecule has 1 aliphatic rings. The fraction of sp³-hybridized carbons (Fsp3) is 0.389. The quantitative estimate of drug-likeness (QED) is 0.901. The first-order chi connectivity index (χ1) is 11.6. The lowest BCUT2D eigenvalue weighted by Crippen LogP contribution is -2.44. The van der Waals surface area contributed by atoms with Crippen LogP contribution >= 0.6 is 0 Å². The molecular weight excluding hydrogens is 304 g/mol. The van der Waals surface area contributed by atoms with Gasteiger partial charge in [0.05, 0.1) is 12.7 Å². The van der Waals surface area contributed by atoms with E-state index in [2.05, 4.69) is 27.6 Å². The summed E-state index contributed by atoms with van der Waals surface area (Å²) in [6.07, 6.45) is 3.82. The van der Waals surface area contributed by atoms with Gasteiger partial charge in [0.2, 0.25) is 11.8 Å². The third-order valence-electron chi connectivity index (χ3n) is 4.42. The molecule has 0 spiro atoms. The van der Waals surface area contributed by atoms with Gasteiger partial charge in [0.15, 0.2) is 0 Å². The highest BCUT2D eigenvalue weighted by atomic mass is 16.2. The minimum Gasteiger partial charge on any atom is -0.347 e. The number of nitrogens with zero attached hydrogens (tertiary/aromatic N) is 2. The topological polar surface area (TPSA) is 78.1 Å². The number of rotatable bonds is 4. The molecule has 2 aromatic rings. The zero-order valence-corrected chi connectivity index (χ0v) is 13.8. The number of piperidine rings is 1. The first kappa shape index (κ1) is 16.2. The van der Waals surface area contributed by atoms with Crippen LogP contribution in [0.4, 0.5) is 0 Å². The Kier molecular flexibility index (Phi) is 4.93. The summed E-state index contributed by atoms with van der Waals surface area (Å²) in [4.78, 5) is 25.1. The van der Waals surface area contributed by atoms with Crippen LogP contribution in [0.3, 0.4) is 0 Å². The smallest absolute Gasteiger partial charge is 0.241 e. The first-order valence-electron chi connectivity index (χ1n) is 8.26. The van der Waals surface area contributed by atoms with Gasteiger partial charge in [-0.15, -0.1) is 0 Å². The molecule has 0 unspecified atom stereocenters. The van der Waals surface area contributed by atoms with Gasteiger partial charge in [-0.05, 0) is 18.4 Å². The van der Waals surface area contributed by atoms with Crippen LogP contribution in [0.15, 0.2) is 36.5 Å². The van der Waals surface area contributed by atoms with Gasteiger partial charge < -0.3 is 10.2 Å². The maximum Gasteiger partial charge on any atom is 0.241 e. The predicted octanol–water partition coefficient (Wildman–Crippen LogP) is 1.92. The van der Waals surface area contributed by atoms with E-state index in [1.807, 2.05) is 29.3 Å². The second-order valence-electron chi connectivity index (χ2n) is 6.15. The number of nitrogens with one attached hydrogen (secondary N) is 2. The number of aromatic nitrogens is 2. The highest BCUT2D eigenvalue weighted by Gasteiger charge is 2.27. The summed E-state index contributed by atoms with van der Waals surface area (Å²) in [5.74, 6) is 0.0188. The SMILES string of the molecule is CC(=O)NCC(=O)N1CCC[C@H](c2[nH]ncc2-c2ccccc2)C1. The Labute approximate surface area is 141 Å². The van der Waals surface area contributed by atoms with Crippen molar-refractivity contribution in [3.8, 4) is 11.1 Å². The monoisotopic (exact) mass is 326 g/mol. The molecule has 0 saturated carbocycles. The standard InChI is InChI=1S/C18H22N4O2/c1-13(23)19-11-17(24)22-9-5-8-15(12-22)18-16(10-20-21-18)14-6-3-2-4-7-14/h2-4,6-7,10,15H,5,8-9,11-12H2,1H3,(H,19,23)(H,20,21)/t15-/m0/s1. The maximum atomic E-state index is 12.3. The number of carbonyl (C=O) groups excluding carboxylic acids is 2. The normalized spacial score (nSPS) is 17.5. The van der Waals surface area contributed by atoms with Crippen molar-refractivity contribution in [3.05, 3.63) is 42.2 Å². The van der Waals surface area contributed by atoms with E-state index in [0.717, 1.165) is 36.2 Å². The molecule has 2 amide bonds. The van der Waals surface area contributed by atoms with E-state index in [4.69, 9.17) is 0 Å². The molecule has 24 heavy (non-hydrogen) atoms. The van der Waals surface area contributed by atoms with Gasteiger partial charge >= 0.3 is 0 Å². The lowest BCUT2D eigenvalue weighted by Gasteiger charge is -2.32. The molecule has 1 atom stereocenters. The Bertz CT molecular complexity index is 711. The van der Waals surface area contributed by atoms with Crippen LogP contribution in [0.5, 0.6) is 0 Å². The number of carbonyl (C=O) groups is 2. The minimum atomic E-state index is -0.183. The lowest BCUT2D eigenvalue weighted by atomic mass is 9.90. The zero-order valence-electron chi connectivity index (χ0n) is 13.8. The summed E-state index contributed by atoms with van der Waals surface area (Å²) in [5, 5.41) is 9.92. The number of H-pyrrole nitrogens is 1. The molecule has 2 heterocycles. The van der Waals surface area contributed by atoms with Crippen LogP contribution in [0.2, 0.25) is 0 Å². The van der Waals surface area contributed by atoms with Crippen LogP contribution in [-0.2, 0) is 9.59 Å². The van der Waals surface area contributed by atoms with Crippen LogP contribution < -0.4 is 5.32 Å². The van der Waals surface area contributed by atoms with Gasteiger partial charge in [0.1, 0.15) is 0 Å². The van der Waals surface area contributed by atoms with Crippen molar-refractivity contribution in [1.82, 2.24) is 20.4 Å². The molecular formula is C18H22N4O2. The number of aromatic amines is 1. The molecule has 1 aliphatic heterocycles. The molecule has 1 aromatic heterocycles. The van der Waals surface area contributed by atoms with Gasteiger partial charge in [0, 0.05) is 37.2 Å². The Morgan fingerprint density at radius 1 is 1.33 bits per heavy atom. The van der Waals surface area contributed by atoms with Crippen LogP contribution in [0.1, 0.15) is 31.4 Å². The van der Waals surface area contributed by atoms with Crippen LogP contribution in [0, 0.1) is 0 Å². The van der Waals surface area contributed by atoms with Crippen LogP contribution in [0.25, 0.3) is 11.1 Å². The van der Waals surface area contributed by atoms with Crippen molar-refractivity contribution in [2.75, 3.05) is 19.6 Å². The van der Waals surface area contributed by atoms with Crippen molar-refractivity contribution in [1.29, 1.82) is 0 Å². The van der Waals surface area contributed by atoms with E-state index < -0.39 is 0 Å². The molecule has 6 heteroatoms. The van der Waals surface area contributed by atoms with Gasteiger partial charge in [0.25, 0.3) is 0 Å². The zero-order chi connectivity index (χ0) is 16.9. The fourth-order valence-corrected chi connectivity index (χ4v) is 3.21. The molecule has 6 nitrogen and oxygen atoms in total. The van der Waals surface area contributed by atoms with E-state index in [-0.39, 0.29) is 24.3 Å². The molecule has 1 fully saturated rings. The van der Waals surface area contributed by atoms with Gasteiger partial charge in [-0.2, -0.15) is 5.10 Å². The Hall–Kier alpha value is -2.63. The molecule has 1 saturated heterocycles. The summed E-state index contributed by atoms with van der Waals surface area (Å²) in [7, 11) is 0. The molecule has 126 valence electrons. The summed E-state index contributed by atoms with van der Waals surface area (Å²) in [5.41, 5.74) is 3.30. The Morgan fingerprint density at radius 3 is 2.88 bits per heavy atom. The van der Waals surface area contributed by atoms with E-state index in [0.29, 0.717) is 6.54 Å². The average Bonchev–Trinajstić information content (AvgIpc) is 3.10. The third-order valence-corrected chi connectivity index (χ3v) is 4.42. The number of hydrogen-bond acceptors (Lipinski definition) is 3. The second-order valence-corrected chi connectivity index (χ2v) is 6.15. The average molecular weight is 326 g/mol. The van der Waals surface area contributed by atoms with Gasteiger partial charge in [-0.3, -0.25) is 14.7 Å². The molecule has 2 N–H and O–H groups in total. The van der Waals surface area contributed by atoms with Crippen molar-refractivity contribution in [3.63, 3.8) is 0 Å².